The van der Waals surface area contributed by atoms with E-state index in [4.69, 9.17) is 4.74 Å². The highest BCUT2D eigenvalue weighted by Crippen LogP contribution is 2.36. The normalized spacial score (nSPS) is 32.3. The zero-order chi connectivity index (χ0) is 9.59. The second kappa shape index (κ2) is 2.65. The van der Waals surface area contributed by atoms with Gasteiger partial charge in [0.15, 0.2) is 17.8 Å². The number of hydrogen-bond acceptors (Lipinski definition) is 2. The summed E-state index contributed by atoms with van der Waals surface area (Å²) in [5.74, 6) is -1.70. The highest BCUT2D eigenvalue weighted by atomic mass is 19.2. The summed E-state index contributed by atoms with van der Waals surface area (Å²) >= 11 is 0. The van der Waals surface area contributed by atoms with E-state index in [1.807, 2.05) is 0 Å². The Bertz CT molecular complexity index is 344. The van der Waals surface area contributed by atoms with Crippen LogP contribution in [0.15, 0.2) is 28.4 Å². The van der Waals surface area contributed by atoms with Crippen molar-refractivity contribution in [1.82, 2.24) is 0 Å². The van der Waals surface area contributed by atoms with Crippen molar-refractivity contribution in [3.05, 3.63) is 23.4 Å². The van der Waals surface area contributed by atoms with Crippen LogP contribution in [-0.2, 0) is 4.74 Å². The molecule has 0 saturated carbocycles. The van der Waals surface area contributed by atoms with E-state index in [2.05, 4.69) is 4.99 Å². The third-order valence-corrected chi connectivity index (χ3v) is 2.23. The van der Waals surface area contributed by atoms with Crippen LogP contribution in [0.25, 0.3) is 0 Å². The third-order valence-electron chi connectivity index (χ3n) is 2.23. The van der Waals surface area contributed by atoms with Gasteiger partial charge in [-0.15, -0.1) is 0 Å². The van der Waals surface area contributed by atoms with E-state index in [9.17, 15) is 8.78 Å². The molecule has 2 rings (SSSR count). The molecule has 0 aromatic carbocycles. The SMILES string of the molecule is CC1=NC2=CC(F)=C(F)C(C)C2O1. The van der Waals surface area contributed by atoms with Crippen molar-refractivity contribution in [3.63, 3.8) is 0 Å². The Labute approximate surface area is 74.6 Å². The summed E-state index contributed by atoms with van der Waals surface area (Å²) in [6, 6.07) is 0. The van der Waals surface area contributed by atoms with Gasteiger partial charge in [-0.3, -0.25) is 0 Å². The van der Waals surface area contributed by atoms with Gasteiger partial charge in [0.1, 0.15) is 5.83 Å². The summed E-state index contributed by atoms with van der Waals surface area (Å²) in [5, 5.41) is 0. The highest BCUT2D eigenvalue weighted by Gasteiger charge is 2.36. The summed E-state index contributed by atoms with van der Waals surface area (Å²) in [6.07, 6.45) is 0.649. The summed E-state index contributed by atoms with van der Waals surface area (Å²) < 4.78 is 31.2. The largest absolute Gasteiger partial charge is 0.471 e. The minimum atomic E-state index is -0.833. The Morgan fingerprint density at radius 1 is 1.46 bits per heavy atom. The maximum atomic E-state index is 13.1. The molecule has 4 heteroatoms. The Balaban J connectivity index is 2.41. The van der Waals surface area contributed by atoms with Crippen LogP contribution in [0.4, 0.5) is 8.78 Å². The lowest BCUT2D eigenvalue weighted by Gasteiger charge is -2.21. The van der Waals surface area contributed by atoms with Gasteiger partial charge >= 0.3 is 0 Å². The van der Waals surface area contributed by atoms with Gasteiger partial charge in [0.2, 0.25) is 0 Å². The predicted octanol–water partition coefficient (Wildman–Crippen LogP) is 2.49. The lowest BCUT2D eigenvalue weighted by Crippen LogP contribution is -2.24. The van der Waals surface area contributed by atoms with Crippen molar-refractivity contribution in [3.8, 4) is 0 Å². The van der Waals surface area contributed by atoms with Crippen molar-refractivity contribution >= 4 is 5.90 Å². The van der Waals surface area contributed by atoms with Gasteiger partial charge < -0.3 is 4.74 Å². The highest BCUT2D eigenvalue weighted by molar-refractivity contribution is 5.77. The van der Waals surface area contributed by atoms with Crippen LogP contribution in [0.2, 0.25) is 0 Å². The molecule has 70 valence electrons. The Morgan fingerprint density at radius 2 is 2.15 bits per heavy atom. The van der Waals surface area contributed by atoms with Crippen LogP contribution in [0.5, 0.6) is 0 Å². The van der Waals surface area contributed by atoms with Crippen molar-refractivity contribution < 1.29 is 13.5 Å². The van der Waals surface area contributed by atoms with Crippen molar-refractivity contribution in [1.29, 1.82) is 0 Å². The molecular weight excluding hydrogens is 176 g/mol. The number of halogens is 2. The molecule has 2 nitrogen and oxygen atoms in total. The monoisotopic (exact) mass is 185 g/mol. The third kappa shape index (κ3) is 1.17. The van der Waals surface area contributed by atoms with Crippen LogP contribution in [0.1, 0.15) is 13.8 Å². The van der Waals surface area contributed by atoms with Gasteiger partial charge in [0.05, 0.1) is 11.6 Å². The van der Waals surface area contributed by atoms with Gasteiger partial charge in [-0.1, -0.05) is 6.92 Å². The average molecular weight is 185 g/mol. The first-order valence-corrected chi connectivity index (χ1v) is 4.08. The number of ether oxygens (including phenoxy) is 1. The molecule has 2 aliphatic rings. The Morgan fingerprint density at radius 3 is 2.85 bits per heavy atom. The molecule has 0 saturated heterocycles. The van der Waals surface area contributed by atoms with Crippen molar-refractivity contribution in [2.24, 2.45) is 10.9 Å². The fourth-order valence-electron chi connectivity index (χ4n) is 1.54. The molecule has 2 unspecified atom stereocenters. The first-order chi connectivity index (χ1) is 6.09. The molecule has 0 amide bonds. The standard InChI is InChI=1S/C9H9F2NO/c1-4-8(11)6(10)3-7-9(4)13-5(2)12-7/h3-4,9H,1-2H3. The summed E-state index contributed by atoms with van der Waals surface area (Å²) in [7, 11) is 0. The lowest BCUT2D eigenvalue weighted by atomic mass is 9.95. The maximum absolute atomic E-state index is 13.1. The van der Waals surface area contributed by atoms with Gasteiger partial charge in [0.25, 0.3) is 0 Å². The predicted molar refractivity (Wildman–Crippen MR) is 44.5 cm³/mol. The maximum Gasteiger partial charge on any atom is 0.185 e. The zero-order valence-electron chi connectivity index (χ0n) is 7.34. The summed E-state index contributed by atoms with van der Waals surface area (Å²) in [4.78, 5) is 3.96. The number of fused-ring (bicyclic) bond motifs is 1. The molecule has 13 heavy (non-hydrogen) atoms. The van der Waals surface area contributed by atoms with E-state index in [0.717, 1.165) is 6.08 Å². The van der Waals surface area contributed by atoms with Crippen LogP contribution in [-0.4, -0.2) is 12.0 Å². The Kier molecular flexibility index (Phi) is 1.71. The van der Waals surface area contributed by atoms with Gasteiger partial charge in [-0.25, -0.2) is 13.8 Å². The molecular formula is C9H9F2NO. The van der Waals surface area contributed by atoms with Gasteiger partial charge in [-0.2, -0.15) is 0 Å². The van der Waals surface area contributed by atoms with Gasteiger partial charge in [-0.05, 0) is 0 Å². The number of rotatable bonds is 0. The summed E-state index contributed by atoms with van der Waals surface area (Å²) in [5.41, 5.74) is 0.476. The first kappa shape index (κ1) is 8.41. The quantitative estimate of drug-likeness (QED) is 0.568. The molecule has 0 N–H and O–H groups in total. The number of hydrogen-bond donors (Lipinski definition) is 0. The van der Waals surface area contributed by atoms with Crippen LogP contribution < -0.4 is 0 Å². The molecule has 1 aliphatic heterocycles. The van der Waals surface area contributed by atoms with Crippen LogP contribution in [0, 0.1) is 5.92 Å². The number of aliphatic imine (C=N–C) groups is 1. The molecule has 0 aromatic heterocycles. The Hall–Kier alpha value is -1.19. The van der Waals surface area contributed by atoms with Crippen molar-refractivity contribution in [2.45, 2.75) is 20.0 Å². The van der Waals surface area contributed by atoms with E-state index in [-0.39, 0.29) is 0 Å². The zero-order valence-corrected chi connectivity index (χ0v) is 7.34. The minimum Gasteiger partial charge on any atom is -0.471 e. The fourth-order valence-corrected chi connectivity index (χ4v) is 1.54. The summed E-state index contributed by atoms with van der Waals surface area (Å²) in [6.45, 7) is 3.25. The second-order valence-corrected chi connectivity index (χ2v) is 3.22. The molecule has 0 bridgehead atoms. The number of nitrogens with zero attached hydrogens (tertiary/aromatic N) is 1. The van der Waals surface area contributed by atoms with Gasteiger partial charge in [0, 0.05) is 13.0 Å². The van der Waals surface area contributed by atoms with E-state index in [1.54, 1.807) is 13.8 Å². The molecule has 0 aromatic rings. The minimum absolute atomic E-state index is 0.445. The molecule has 2 atom stereocenters. The lowest BCUT2D eigenvalue weighted by molar-refractivity contribution is 0.176. The molecule has 1 heterocycles. The van der Waals surface area contributed by atoms with E-state index in [0.29, 0.717) is 11.6 Å². The molecule has 0 radical (unpaired) electrons. The smallest absolute Gasteiger partial charge is 0.185 e. The topological polar surface area (TPSA) is 21.6 Å². The molecule has 0 spiro atoms. The second-order valence-electron chi connectivity index (χ2n) is 3.22. The van der Waals surface area contributed by atoms with E-state index >= 15 is 0 Å². The van der Waals surface area contributed by atoms with E-state index < -0.39 is 23.7 Å². The van der Waals surface area contributed by atoms with Crippen molar-refractivity contribution in [2.75, 3.05) is 0 Å². The van der Waals surface area contributed by atoms with Crippen LogP contribution in [0.3, 0.4) is 0 Å². The molecule has 0 fully saturated rings. The van der Waals surface area contributed by atoms with E-state index in [1.165, 1.54) is 0 Å². The number of allylic oxidation sites excluding steroid dienone is 2. The first-order valence-electron chi connectivity index (χ1n) is 4.08. The average Bonchev–Trinajstić information content (AvgIpc) is 2.42. The molecule has 1 aliphatic carbocycles. The fraction of sp³-hybridized carbons (Fsp3) is 0.444. The van der Waals surface area contributed by atoms with Crippen LogP contribution >= 0.6 is 0 Å².